The summed E-state index contributed by atoms with van der Waals surface area (Å²) < 4.78 is 0. The Morgan fingerprint density at radius 2 is 2.03 bits per heavy atom. The molecule has 8 nitrogen and oxygen atoms in total. The Labute approximate surface area is 203 Å². The zero-order valence-electron chi connectivity index (χ0n) is 19.3. The number of aromatic nitrogens is 3. The number of benzene rings is 2. The van der Waals surface area contributed by atoms with Crippen LogP contribution in [0.25, 0.3) is 22.5 Å². The van der Waals surface area contributed by atoms with E-state index in [2.05, 4.69) is 37.3 Å². The van der Waals surface area contributed by atoms with Gasteiger partial charge in [-0.25, -0.2) is 14.8 Å². The van der Waals surface area contributed by atoms with E-state index in [1.54, 1.807) is 19.6 Å². The Morgan fingerprint density at radius 3 is 2.89 bits per heavy atom. The van der Waals surface area contributed by atoms with Gasteiger partial charge < -0.3 is 15.2 Å². The van der Waals surface area contributed by atoms with Crippen molar-refractivity contribution in [2.75, 3.05) is 35.3 Å². The summed E-state index contributed by atoms with van der Waals surface area (Å²) >= 11 is 0. The van der Waals surface area contributed by atoms with Crippen LogP contribution in [-0.2, 0) is 0 Å². The molecular formula is C27H25N7O. The number of imidazole rings is 1. The van der Waals surface area contributed by atoms with Crippen LogP contribution in [0.1, 0.15) is 12.0 Å². The number of hydrogen-bond acceptors (Lipinski definition) is 5. The Bertz CT molecular complexity index is 1410. The van der Waals surface area contributed by atoms with E-state index < -0.39 is 0 Å². The quantitative estimate of drug-likeness (QED) is 0.425. The first-order chi connectivity index (χ1) is 17.2. The Balaban J connectivity index is 1.34. The molecule has 2 amide bonds. The maximum absolute atomic E-state index is 13.6. The molecule has 0 radical (unpaired) electrons. The SMILES string of the molecule is C/N=C/c1cccc(-c2ccc3c(n2)N(C(=O)Nc2cccc(-c4cnc[nH]4)c2)[C@H]2CCN3C2)c1. The number of carbonyl (C=O) groups excluding carboxylic acids is 1. The molecule has 8 heteroatoms. The highest BCUT2D eigenvalue weighted by molar-refractivity contribution is 6.05. The second-order valence-electron chi connectivity index (χ2n) is 8.79. The standard InChI is InChI=1S/C27H25N7O/c1-28-14-18-4-2-5-19(12-18)23-8-9-25-26(32-23)34(22-10-11-33(25)16-22)27(35)31-21-7-3-6-20(13-21)24-15-29-17-30-24/h2-9,12-15,17,22H,10-11,16H2,1H3,(H,29,30)(H,31,35)/b28-14+/t22-/m0/s1. The predicted molar refractivity (Wildman–Crippen MR) is 139 cm³/mol. The molecule has 174 valence electrons. The van der Waals surface area contributed by atoms with E-state index in [1.807, 2.05) is 59.6 Å². The highest BCUT2D eigenvalue weighted by Gasteiger charge is 2.40. The average molecular weight is 464 g/mol. The Kier molecular flexibility index (Phi) is 5.25. The van der Waals surface area contributed by atoms with E-state index >= 15 is 0 Å². The van der Waals surface area contributed by atoms with Gasteiger partial charge in [-0.15, -0.1) is 0 Å². The number of rotatable bonds is 4. The van der Waals surface area contributed by atoms with Crippen LogP contribution in [0.4, 0.5) is 22.0 Å². The number of H-pyrrole nitrogens is 1. The topological polar surface area (TPSA) is 89.5 Å². The summed E-state index contributed by atoms with van der Waals surface area (Å²) in [5.74, 6) is 0.702. The van der Waals surface area contributed by atoms with E-state index in [9.17, 15) is 4.79 Å². The largest absolute Gasteiger partial charge is 0.366 e. The number of urea groups is 1. The first-order valence-electron chi connectivity index (χ1n) is 11.7. The van der Waals surface area contributed by atoms with Crippen molar-refractivity contribution in [3.05, 3.63) is 78.8 Å². The minimum absolute atomic E-state index is 0.0830. The van der Waals surface area contributed by atoms with Crippen LogP contribution < -0.4 is 15.1 Å². The fourth-order valence-corrected chi connectivity index (χ4v) is 4.92. The molecule has 6 rings (SSSR count). The smallest absolute Gasteiger partial charge is 0.327 e. The highest BCUT2D eigenvalue weighted by Crippen LogP contribution is 2.40. The number of aromatic amines is 1. The summed E-state index contributed by atoms with van der Waals surface area (Å²) in [5, 5.41) is 3.10. The van der Waals surface area contributed by atoms with Crippen LogP contribution >= 0.6 is 0 Å². The molecular weight excluding hydrogens is 438 g/mol. The third-order valence-electron chi connectivity index (χ3n) is 6.55. The van der Waals surface area contributed by atoms with E-state index in [4.69, 9.17) is 4.98 Å². The van der Waals surface area contributed by atoms with Gasteiger partial charge in [-0.2, -0.15) is 0 Å². The molecule has 0 unspecified atom stereocenters. The molecule has 2 N–H and O–H groups in total. The minimum atomic E-state index is -0.170. The van der Waals surface area contributed by atoms with E-state index in [0.717, 1.165) is 59.0 Å². The Morgan fingerprint density at radius 1 is 1.14 bits per heavy atom. The van der Waals surface area contributed by atoms with Gasteiger partial charge in [0.15, 0.2) is 5.82 Å². The van der Waals surface area contributed by atoms with E-state index in [-0.39, 0.29) is 12.1 Å². The van der Waals surface area contributed by atoms with E-state index in [0.29, 0.717) is 5.82 Å². The number of nitrogens with zero attached hydrogens (tertiary/aromatic N) is 5. The van der Waals surface area contributed by atoms with Gasteiger partial charge in [0.05, 0.1) is 35.6 Å². The maximum atomic E-state index is 13.6. The van der Waals surface area contributed by atoms with E-state index in [1.165, 1.54) is 0 Å². The van der Waals surface area contributed by atoms with Gasteiger partial charge in [-0.05, 0) is 42.3 Å². The summed E-state index contributed by atoms with van der Waals surface area (Å²) in [6.07, 6.45) is 6.15. The number of nitrogens with one attached hydrogen (secondary N) is 2. The molecule has 4 heterocycles. The van der Waals surface area contributed by atoms with Gasteiger partial charge >= 0.3 is 6.03 Å². The normalized spacial score (nSPS) is 16.5. The summed E-state index contributed by atoms with van der Waals surface area (Å²) in [6.45, 7) is 1.73. The van der Waals surface area contributed by atoms with Crippen LogP contribution in [0, 0.1) is 0 Å². The Hall–Kier alpha value is -4.46. The van der Waals surface area contributed by atoms with Crippen molar-refractivity contribution < 1.29 is 4.79 Å². The number of aliphatic imine (C=N–C) groups is 1. The molecule has 1 fully saturated rings. The van der Waals surface area contributed by atoms with Crippen LogP contribution in [-0.4, -0.2) is 53.4 Å². The molecule has 4 aromatic rings. The van der Waals surface area contributed by atoms with Crippen LogP contribution in [0.5, 0.6) is 0 Å². The van der Waals surface area contributed by atoms with Crippen molar-refractivity contribution in [1.29, 1.82) is 0 Å². The highest BCUT2D eigenvalue weighted by atomic mass is 16.2. The van der Waals surface area contributed by atoms with Gasteiger partial charge in [-0.3, -0.25) is 9.89 Å². The van der Waals surface area contributed by atoms with Gasteiger partial charge in [0.25, 0.3) is 0 Å². The third-order valence-corrected chi connectivity index (χ3v) is 6.55. The summed E-state index contributed by atoms with van der Waals surface area (Å²) in [7, 11) is 1.76. The second-order valence-corrected chi connectivity index (χ2v) is 8.79. The van der Waals surface area contributed by atoms with Crippen molar-refractivity contribution in [3.8, 4) is 22.5 Å². The van der Waals surface area contributed by atoms with Gasteiger partial charge in [0, 0.05) is 43.2 Å². The zero-order valence-corrected chi connectivity index (χ0v) is 19.3. The molecule has 0 aliphatic carbocycles. The number of amides is 2. The molecule has 0 saturated carbocycles. The van der Waals surface area contributed by atoms with Crippen molar-refractivity contribution in [2.24, 2.45) is 4.99 Å². The molecule has 2 aliphatic heterocycles. The lowest BCUT2D eigenvalue weighted by Crippen LogP contribution is -2.48. The van der Waals surface area contributed by atoms with Crippen LogP contribution in [0.3, 0.4) is 0 Å². The minimum Gasteiger partial charge on any atom is -0.366 e. The van der Waals surface area contributed by atoms with Crippen molar-refractivity contribution >= 4 is 29.4 Å². The van der Waals surface area contributed by atoms with Gasteiger partial charge in [0.1, 0.15) is 0 Å². The molecule has 2 aromatic carbocycles. The first kappa shape index (κ1) is 21.1. The summed E-state index contributed by atoms with van der Waals surface area (Å²) in [5.41, 5.74) is 6.42. The molecule has 1 atom stereocenters. The molecule has 2 aromatic heterocycles. The van der Waals surface area contributed by atoms with Crippen LogP contribution in [0.2, 0.25) is 0 Å². The molecule has 2 aliphatic rings. The lowest BCUT2D eigenvalue weighted by atomic mass is 10.1. The lowest BCUT2D eigenvalue weighted by molar-refractivity contribution is 0.255. The lowest BCUT2D eigenvalue weighted by Gasteiger charge is -2.36. The number of hydrogen-bond donors (Lipinski definition) is 2. The molecule has 1 saturated heterocycles. The van der Waals surface area contributed by atoms with Gasteiger partial charge in [-0.1, -0.05) is 30.3 Å². The van der Waals surface area contributed by atoms with Crippen LogP contribution in [0.15, 0.2) is 78.2 Å². The fraction of sp³-hybridized carbons (Fsp3) is 0.185. The maximum Gasteiger partial charge on any atom is 0.327 e. The average Bonchev–Trinajstić information content (AvgIpc) is 3.56. The van der Waals surface area contributed by atoms with Crippen molar-refractivity contribution in [2.45, 2.75) is 12.5 Å². The monoisotopic (exact) mass is 463 g/mol. The first-order valence-corrected chi connectivity index (χ1v) is 11.7. The number of anilines is 3. The third kappa shape index (κ3) is 3.93. The van der Waals surface area contributed by atoms with Crippen molar-refractivity contribution in [1.82, 2.24) is 15.0 Å². The predicted octanol–water partition coefficient (Wildman–Crippen LogP) is 4.82. The summed E-state index contributed by atoms with van der Waals surface area (Å²) in [4.78, 5) is 34.1. The summed E-state index contributed by atoms with van der Waals surface area (Å²) in [6, 6.07) is 19.9. The zero-order chi connectivity index (χ0) is 23.8. The molecule has 2 bridgehead atoms. The van der Waals surface area contributed by atoms with Gasteiger partial charge in [0.2, 0.25) is 0 Å². The van der Waals surface area contributed by atoms with Crippen molar-refractivity contribution in [3.63, 3.8) is 0 Å². The molecule has 35 heavy (non-hydrogen) atoms. The fourth-order valence-electron chi connectivity index (χ4n) is 4.92. The second kappa shape index (κ2) is 8.72. The number of carbonyl (C=O) groups is 1. The molecule has 0 spiro atoms. The number of pyridine rings is 1. The number of fused-ring (bicyclic) bond motifs is 4.